The number of carboxylic acid groups (broad SMARTS) is 1. The van der Waals surface area contributed by atoms with Crippen LogP contribution in [0, 0.1) is 0 Å². The molecule has 3 rings (SSSR count). The van der Waals surface area contributed by atoms with Crippen molar-refractivity contribution in [1.82, 2.24) is 9.55 Å². The van der Waals surface area contributed by atoms with Gasteiger partial charge in [-0.3, -0.25) is 4.79 Å². The molecule has 0 saturated carbocycles. The number of hydrogen-bond acceptors (Lipinski definition) is 4. The van der Waals surface area contributed by atoms with Gasteiger partial charge in [0.25, 0.3) is 0 Å². The third-order valence-electron chi connectivity index (χ3n) is 3.06. The van der Waals surface area contributed by atoms with Gasteiger partial charge in [-0.05, 0) is 18.2 Å². The summed E-state index contributed by atoms with van der Waals surface area (Å²) >= 11 is 7.44. The summed E-state index contributed by atoms with van der Waals surface area (Å²) in [6, 6.07) is 4.77. The van der Waals surface area contributed by atoms with E-state index in [1.807, 2.05) is 5.38 Å². The minimum Gasteiger partial charge on any atom is -0.477 e. The van der Waals surface area contributed by atoms with Gasteiger partial charge in [0, 0.05) is 28.2 Å². The highest BCUT2D eigenvalue weighted by atomic mass is 35.5. The van der Waals surface area contributed by atoms with Gasteiger partial charge in [0.15, 0.2) is 0 Å². The Morgan fingerprint density at radius 2 is 2.24 bits per heavy atom. The van der Waals surface area contributed by atoms with E-state index < -0.39 is 11.4 Å². The Balaban J connectivity index is 2.30. The Morgan fingerprint density at radius 1 is 1.43 bits per heavy atom. The highest BCUT2D eigenvalue weighted by Crippen LogP contribution is 2.19. The van der Waals surface area contributed by atoms with Gasteiger partial charge in [-0.2, -0.15) is 0 Å². The topological polar surface area (TPSA) is 72.2 Å². The van der Waals surface area contributed by atoms with E-state index in [-0.39, 0.29) is 5.56 Å². The van der Waals surface area contributed by atoms with Gasteiger partial charge < -0.3 is 9.67 Å². The molecule has 106 valence electrons. The predicted molar refractivity (Wildman–Crippen MR) is 81.4 cm³/mol. The molecule has 3 aromatic rings. The van der Waals surface area contributed by atoms with Crippen LogP contribution >= 0.6 is 22.9 Å². The van der Waals surface area contributed by atoms with Gasteiger partial charge in [0.05, 0.1) is 12.1 Å². The zero-order valence-corrected chi connectivity index (χ0v) is 12.2. The molecule has 0 radical (unpaired) electrons. The summed E-state index contributed by atoms with van der Waals surface area (Å²) in [4.78, 5) is 27.6. The second-order valence-corrected chi connectivity index (χ2v) is 5.81. The maximum absolute atomic E-state index is 12.2. The molecule has 0 bridgehead atoms. The van der Waals surface area contributed by atoms with Gasteiger partial charge in [0.2, 0.25) is 5.43 Å². The van der Waals surface area contributed by atoms with Crippen LogP contribution in [0.15, 0.2) is 40.8 Å². The molecule has 5 nitrogen and oxygen atoms in total. The van der Waals surface area contributed by atoms with Crippen molar-refractivity contribution in [2.45, 2.75) is 6.54 Å². The fraction of sp³-hybridized carbons (Fsp3) is 0.0714. The second kappa shape index (κ2) is 5.31. The number of carboxylic acids is 1. The van der Waals surface area contributed by atoms with Crippen molar-refractivity contribution in [3.63, 3.8) is 0 Å². The Morgan fingerprint density at radius 3 is 2.90 bits per heavy atom. The van der Waals surface area contributed by atoms with E-state index in [0.29, 0.717) is 22.5 Å². The number of rotatable bonds is 3. The first-order chi connectivity index (χ1) is 10.1. The van der Waals surface area contributed by atoms with Gasteiger partial charge in [-0.1, -0.05) is 11.6 Å². The number of carbonyl (C=O) groups is 1. The third-order valence-corrected chi connectivity index (χ3v) is 4.06. The second-order valence-electron chi connectivity index (χ2n) is 4.39. The molecular formula is C14H9ClN2O3S. The molecule has 1 N–H and O–H groups in total. The predicted octanol–water partition coefficient (Wildman–Crippen LogP) is 2.86. The monoisotopic (exact) mass is 320 g/mol. The number of aromatic nitrogens is 2. The molecule has 2 aromatic heterocycles. The van der Waals surface area contributed by atoms with E-state index in [4.69, 9.17) is 11.6 Å². The van der Waals surface area contributed by atoms with Crippen LogP contribution in [0.5, 0.6) is 0 Å². The summed E-state index contributed by atoms with van der Waals surface area (Å²) in [6.07, 6.45) is 3.01. The van der Waals surface area contributed by atoms with Crippen LogP contribution in [0.2, 0.25) is 5.02 Å². The van der Waals surface area contributed by atoms with Crippen LogP contribution in [0.1, 0.15) is 15.4 Å². The molecule has 2 heterocycles. The lowest BCUT2D eigenvalue weighted by atomic mass is 10.1. The van der Waals surface area contributed by atoms with Crippen LogP contribution in [-0.2, 0) is 6.54 Å². The summed E-state index contributed by atoms with van der Waals surface area (Å²) < 4.78 is 1.69. The molecule has 7 heteroatoms. The Kier molecular flexibility index (Phi) is 3.48. The maximum Gasteiger partial charge on any atom is 0.341 e. The van der Waals surface area contributed by atoms with Gasteiger partial charge in [-0.15, -0.1) is 11.3 Å². The van der Waals surface area contributed by atoms with Crippen molar-refractivity contribution in [3.05, 3.63) is 61.8 Å². The van der Waals surface area contributed by atoms with E-state index in [1.165, 1.54) is 17.5 Å². The molecule has 0 saturated heterocycles. The van der Waals surface area contributed by atoms with Crippen LogP contribution in [0.3, 0.4) is 0 Å². The quantitative estimate of drug-likeness (QED) is 0.805. The lowest BCUT2D eigenvalue weighted by Crippen LogP contribution is -2.19. The molecule has 21 heavy (non-hydrogen) atoms. The number of halogens is 1. The summed E-state index contributed by atoms with van der Waals surface area (Å²) in [5.74, 6) is -1.25. The average Bonchev–Trinajstić information content (AvgIpc) is 2.94. The number of aromatic carboxylic acids is 1. The van der Waals surface area contributed by atoms with E-state index in [0.717, 1.165) is 5.01 Å². The minimum absolute atomic E-state index is 0.263. The largest absolute Gasteiger partial charge is 0.477 e. The first kappa shape index (κ1) is 13.8. The fourth-order valence-corrected chi connectivity index (χ4v) is 2.90. The molecule has 0 aliphatic heterocycles. The van der Waals surface area contributed by atoms with Crippen molar-refractivity contribution in [3.8, 4) is 0 Å². The minimum atomic E-state index is -1.25. The Bertz CT molecular complexity index is 887. The lowest BCUT2D eigenvalue weighted by Gasteiger charge is -2.11. The van der Waals surface area contributed by atoms with Crippen LogP contribution in [-0.4, -0.2) is 20.6 Å². The van der Waals surface area contributed by atoms with Crippen LogP contribution < -0.4 is 5.43 Å². The highest BCUT2D eigenvalue weighted by Gasteiger charge is 2.15. The van der Waals surface area contributed by atoms with Crippen molar-refractivity contribution in [2.75, 3.05) is 0 Å². The van der Waals surface area contributed by atoms with Crippen LogP contribution in [0.25, 0.3) is 10.9 Å². The van der Waals surface area contributed by atoms with E-state index >= 15 is 0 Å². The molecule has 0 unspecified atom stereocenters. The van der Waals surface area contributed by atoms with Crippen molar-refractivity contribution in [2.24, 2.45) is 0 Å². The zero-order valence-electron chi connectivity index (χ0n) is 10.6. The number of hydrogen-bond donors (Lipinski definition) is 1. The lowest BCUT2D eigenvalue weighted by molar-refractivity contribution is 0.0695. The first-order valence-electron chi connectivity index (χ1n) is 6.00. The molecule has 0 aliphatic carbocycles. The molecular weight excluding hydrogens is 312 g/mol. The molecule has 1 aromatic carbocycles. The summed E-state index contributed by atoms with van der Waals surface area (Å²) in [5, 5.41) is 12.6. The van der Waals surface area contributed by atoms with Crippen molar-refractivity contribution >= 4 is 39.8 Å². The number of thiazole rings is 1. The van der Waals surface area contributed by atoms with Gasteiger partial charge in [-0.25, -0.2) is 9.78 Å². The van der Waals surface area contributed by atoms with Crippen molar-refractivity contribution in [1.29, 1.82) is 0 Å². The highest BCUT2D eigenvalue weighted by molar-refractivity contribution is 7.09. The molecule has 0 aliphatic rings. The molecule has 0 atom stereocenters. The van der Waals surface area contributed by atoms with Gasteiger partial charge in [0.1, 0.15) is 10.6 Å². The van der Waals surface area contributed by atoms with E-state index in [1.54, 1.807) is 29.0 Å². The standard InChI is InChI=1S/C14H9ClN2O3S/c15-8-1-2-9-11(5-8)17(7-12-16-3-4-21-12)6-10(13(9)18)14(19)20/h1-6H,7H2,(H,19,20). The van der Waals surface area contributed by atoms with E-state index in [9.17, 15) is 14.7 Å². The molecule has 0 spiro atoms. The number of benzene rings is 1. The maximum atomic E-state index is 12.2. The van der Waals surface area contributed by atoms with Crippen LogP contribution in [0.4, 0.5) is 0 Å². The summed E-state index contributed by atoms with van der Waals surface area (Å²) in [5.41, 5.74) is -0.182. The summed E-state index contributed by atoms with van der Waals surface area (Å²) in [7, 11) is 0. The smallest absolute Gasteiger partial charge is 0.341 e. The Hall–Kier alpha value is -2.18. The van der Waals surface area contributed by atoms with Gasteiger partial charge >= 0.3 is 5.97 Å². The first-order valence-corrected chi connectivity index (χ1v) is 7.26. The molecule has 0 amide bonds. The normalized spacial score (nSPS) is 10.9. The fourth-order valence-electron chi connectivity index (χ4n) is 2.12. The third kappa shape index (κ3) is 2.55. The number of pyridine rings is 1. The SMILES string of the molecule is O=C(O)c1cn(Cc2nccs2)c2cc(Cl)ccc2c1=O. The summed E-state index contributed by atoms with van der Waals surface area (Å²) in [6.45, 7) is 0.384. The molecule has 0 fully saturated rings. The number of nitrogens with zero attached hydrogens (tertiary/aromatic N) is 2. The van der Waals surface area contributed by atoms with E-state index in [2.05, 4.69) is 4.98 Å². The zero-order chi connectivity index (χ0) is 15.0. The number of fused-ring (bicyclic) bond motifs is 1. The van der Waals surface area contributed by atoms with Crippen molar-refractivity contribution < 1.29 is 9.90 Å². The Labute approximate surface area is 128 Å². The average molecular weight is 321 g/mol.